The lowest BCUT2D eigenvalue weighted by Gasteiger charge is -2.30. The Kier molecular flexibility index (Phi) is 7.96. The number of nitrogens with zero attached hydrogens (tertiary/aromatic N) is 2. The highest BCUT2D eigenvalue weighted by molar-refractivity contribution is 6.06. The molecule has 0 heterocycles. The van der Waals surface area contributed by atoms with Gasteiger partial charge in [-0.2, -0.15) is 0 Å². The van der Waals surface area contributed by atoms with E-state index in [4.69, 9.17) is 0 Å². The first-order valence-corrected chi connectivity index (χ1v) is 16.4. The van der Waals surface area contributed by atoms with E-state index in [-0.39, 0.29) is 0 Å². The van der Waals surface area contributed by atoms with Crippen LogP contribution in [-0.2, 0) is 0 Å². The maximum absolute atomic E-state index is 2.36. The average molecular weight is 615 g/mol. The number of fused-ring (bicyclic) bond motifs is 1. The Balaban J connectivity index is 1.27. The summed E-state index contributed by atoms with van der Waals surface area (Å²) in [4.78, 5) is 4.73. The molecule has 0 unspecified atom stereocenters. The maximum Gasteiger partial charge on any atom is 0.0540 e. The number of benzene rings is 8. The summed E-state index contributed by atoms with van der Waals surface area (Å²) in [6.07, 6.45) is 0. The SMILES string of the molecule is c1ccc(-c2ccc(N(c3ccccc3)c3cccc4c(N(c5ccccc5)c5ccc(-c6ccccc6)cc5)cccc34)cc2)cc1. The van der Waals surface area contributed by atoms with Gasteiger partial charge >= 0.3 is 0 Å². The van der Waals surface area contributed by atoms with Crippen molar-refractivity contribution in [3.8, 4) is 22.3 Å². The van der Waals surface area contributed by atoms with Crippen LogP contribution in [0.3, 0.4) is 0 Å². The van der Waals surface area contributed by atoms with E-state index in [0.29, 0.717) is 0 Å². The van der Waals surface area contributed by atoms with E-state index in [1.165, 1.54) is 33.0 Å². The number of para-hydroxylation sites is 2. The molecule has 48 heavy (non-hydrogen) atoms. The fraction of sp³-hybridized carbons (Fsp3) is 0. The summed E-state index contributed by atoms with van der Waals surface area (Å²) in [5, 5.41) is 2.35. The molecule has 0 aliphatic carbocycles. The number of rotatable bonds is 8. The van der Waals surface area contributed by atoms with Crippen molar-refractivity contribution in [2.75, 3.05) is 9.80 Å². The zero-order valence-corrected chi connectivity index (χ0v) is 26.5. The second-order valence-electron chi connectivity index (χ2n) is 11.8. The highest BCUT2D eigenvalue weighted by atomic mass is 15.2. The molecule has 2 heteroatoms. The van der Waals surface area contributed by atoms with E-state index in [2.05, 4.69) is 216 Å². The van der Waals surface area contributed by atoms with Crippen molar-refractivity contribution < 1.29 is 0 Å². The first kappa shape index (κ1) is 29.1. The molecular formula is C46H34N2. The zero-order valence-electron chi connectivity index (χ0n) is 26.5. The highest BCUT2D eigenvalue weighted by Crippen LogP contribution is 2.44. The lowest BCUT2D eigenvalue weighted by Crippen LogP contribution is -2.12. The highest BCUT2D eigenvalue weighted by Gasteiger charge is 2.20. The molecule has 0 aliphatic rings. The standard InChI is InChI=1S/C46H34N2/c1-5-15-35(16-6-1)37-27-31-41(32-28-37)47(39-19-9-3-10-20-39)45-25-13-24-44-43(45)23-14-26-46(44)48(40-21-11-4-12-22-40)42-33-29-38(30-34-42)36-17-7-2-8-18-36/h1-34H. The molecule has 8 rings (SSSR count). The van der Waals surface area contributed by atoms with Crippen molar-refractivity contribution in [1.82, 2.24) is 0 Å². The Bertz CT molecular complexity index is 2080. The average Bonchev–Trinajstić information content (AvgIpc) is 3.17. The van der Waals surface area contributed by atoms with Crippen LogP contribution in [0.1, 0.15) is 0 Å². The number of hydrogen-bond donors (Lipinski definition) is 0. The topological polar surface area (TPSA) is 6.48 Å². The molecule has 0 radical (unpaired) electrons. The van der Waals surface area contributed by atoms with Gasteiger partial charge in [-0.05, 0) is 82.9 Å². The van der Waals surface area contributed by atoms with Gasteiger partial charge in [-0.3, -0.25) is 0 Å². The van der Waals surface area contributed by atoms with Crippen LogP contribution in [0, 0.1) is 0 Å². The number of anilines is 6. The third kappa shape index (κ3) is 5.72. The second-order valence-corrected chi connectivity index (χ2v) is 11.8. The van der Waals surface area contributed by atoms with Gasteiger partial charge in [-0.25, -0.2) is 0 Å². The zero-order chi connectivity index (χ0) is 32.1. The minimum Gasteiger partial charge on any atom is -0.310 e. The number of hydrogen-bond acceptors (Lipinski definition) is 2. The lowest BCUT2D eigenvalue weighted by atomic mass is 10.0. The molecule has 0 saturated heterocycles. The molecule has 0 fully saturated rings. The van der Waals surface area contributed by atoms with Crippen LogP contribution in [0.25, 0.3) is 33.0 Å². The van der Waals surface area contributed by atoms with Gasteiger partial charge in [0.1, 0.15) is 0 Å². The predicted molar refractivity (Wildman–Crippen MR) is 204 cm³/mol. The molecule has 228 valence electrons. The molecule has 0 aromatic heterocycles. The molecule has 8 aromatic rings. The van der Waals surface area contributed by atoms with Crippen LogP contribution in [0.2, 0.25) is 0 Å². The van der Waals surface area contributed by atoms with Crippen LogP contribution in [0.4, 0.5) is 34.1 Å². The van der Waals surface area contributed by atoms with Crippen LogP contribution in [-0.4, -0.2) is 0 Å². The predicted octanol–water partition coefficient (Wildman–Crippen LogP) is 13.1. The Hall–Kier alpha value is -6.38. The minimum absolute atomic E-state index is 1.11. The second kappa shape index (κ2) is 13.2. The molecule has 0 spiro atoms. The first-order valence-electron chi connectivity index (χ1n) is 16.4. The lowest BCUT2D eigenvalue weighted by molar-refractivity contribution is 1.28. The van der Waals surface area contributed by atoms with Crippen molar-refractivity contribution in [1.29, 1.82) is 0 Å². The van der Waals surface area contributed by atoms with E-state index < -0.39 is 0 Å². The molecule has 0 N–H and O–H groups in total. The summed E-state index contributed by atoms with van der Waals surface area (Å²) in [5.74, 6) is 0. The van der Waals surface area contributed by atoms with Gasteiger partial charge in [0.2, 0.25) is 0 Å². The summed E-state index contributed by atoms with van der Waals surface area (Å²) in [5.41, 5.74) is 11.5. The normalized spacial score (nSPS) is 10.9. The summed E-state index contributed by atoms with van der Waals surface area (Å²) in [6.45, 7) is 0. The van der Waals surface area contributed by atoms with Crippen molar-refractivity contribution in [3.05, 3.63) is 206 Å². The van der Waals surface area contributed by atoms with Gasteiger partial charge < -0.3 is 9.80 Å². The summed E-state index contributed by atoms with van der Waals surface area (Å²) in [7, 11) is 0. The van der Waals surface area contributed by atoms with Crippen LogP contribution in [0.15, 0.2) is 206 Å². The molecule has 0 bridgehead atoms. The molecular weight excluding hydrogens is 581 g/mol. The molecule has 0 aliphatic heterocycles. The smallest absolute Gasteiger partial charge is 0.0540 e. The van der Waals surface area contributed by atoms with Crippen LogP contribution >= 0.6 is 0 Å². The third-order valence-electron chi connectivity index (χ3n) is 8.85. The van der Waals surface area contributed by atoms with Gasteiger partial charge in [-0.1, -0.05) is 146 Å². The summed E-state index contributed by atoms with van der Waals surface area (Å²) in [6, 6.07) is 73.4. The molecule has 0 amide bonds. The van der Waals surface area contributed by atoms with Crippen LogP contribution in [0.5, 0.6) is 0 Å². The molecule has 0 atom stereocenters. The van der Waals surface area contributed by atoms with Crippen LogP contribution < -0.4 is 9.80 Å². The van der Waals surface area contributed by atoms with Crippen molar-refractivity contribution >= 4 is 44.9 Å². The van der Waals surface area contributed by atoms with E-state index in [1.807, 2.05) is 0 Å². The fourth-order valence-electron chi connectivity index (χ4n) is 6.54. The Labute approximate surface area is 282 Å². The molecule has 0 saturated carbocycles. The molecule has 8 aromatic carbocycles. The third-order valence-corrected chi connectivity index (χ3v) is 8.85. The quantitative estimate of drug-likeness (QED) is 0.168. The largest absolute Gasteiger partial charge is 0.310 e. The maximum atomic E-state index is 2.36. The van der Waals surface area contributed by atoms with Gasteiger partial charge in [0.05, 0.1) is 11.4 Å². The van der Waals surface area contributed by atoms with E-state index in [1.54, 1.807) is 0 Å². The minimum atomic E-state index is 1.11. The van der Waals surface area contributed by atoms with Crippen molar-refractivity contribution in [2.45, 2.75) is 0 Å². The van der Waals surface area contributed by atoms with Crippen molar-refractivity contribution in [2.24, 2.45) is 0 Å². The Morgan fingerprint density at radius 1 is 0.208 bits per heavy atom. The summed E-state index contributed by atoms with van der Waals surface area (Å²) >= 11 is 0. The van der Waals surface area contributed by atoms with Gasteiger partial charge in [-0.15, -0.1) is 0 Å². The van der Waals surface area contributed by atoms with E-state index in [9.17, 15) is 0 Å². The summed E-state index contributed by atoms with van der Waals surface area (Å²) < 4.78 is 0. The monoisotopic (exact) mass is 614 g/mol. The van der Waals surface area contributed by atoms with Gasteiger partial charge in [0, 0.05) is 33.5 Å². The first-order chi connectivity index (χ1) is 23.8. The van der Waals surface area contributed by atoms with Gasteiger partial charge in [0.15, 0.2) is 0 Å². The van der Waals surface area contributed by atoms with Crippen molar-refractivity contribution in [3.63, 3.8) is 0 Å². The Morgan fingerprint density at radius 2 is 0.500 bits per heavy atom. The van der Waals surface area contributed by atoms with E-state index >= 15 is 0 Å². The Morgan fingerprint density at radius 3 is 0.854 bits per heavy atom. The van der Waals surface area contributed by atoms with Gasteiger partial charge in [0.25, 0.3) is 0 Å². The molecule has 2 nitrogen and oxygen atoms in total. The fourth-order valence-corrected chi connectivity index (χ4v) is 6.54. The van der Waals surface area contributed by atoms with E-state index in [0.717, 1.165) is 34.1 Å².